The molecule has 0 spiro atoms. The molecule has 0 aliphatic heterocycles. The van der Waals surface area contributed by atoms with Gasteiger partial charge in [-0.3, -0.25) is 0 Å². The van der Waals surface area contributed by atoms with Crippen molar-refractivity contribution in [3.05, 3.63) is 53.3 Å². The summed E-state index contributed by atoms with van der Waals surface area (Å²) in [6.07, 6.45) is 10.9. The number of fused-ring (bicyclic) bond motifs is 1. The molecule has 2 aliphatic carbocycles. The van der Waals surface area contributed by atoms with Crippen LogP contribution in [0.15, 0.2) is 36.4 Å². The van der Waals surface area contributed by atoms with Crippen LogP contribution in [0.2, 0.25) is 0 Å². The monoisotopic (exact) mass is 416 g/mol. The summed E-state index contributed by atoms with van der Waals surface area (Å²) in [5.41, 5.74) is 3.22. The summed E-state index contributed by atoms with van der Waals surface area (Å²) in [5.74, 6) is 2.32. The van der Waals surface area contributed by atoms with E-state index in [0.29, 0.717) is 17.0 Å². The number of alkyl halides is 2. The summed E-state index contributed by atoms with van der Waals surface area (Å²) in [6.45, 7) is -0.579. The Balaban J connectivity index is 1.45. The van der Waals surface area contributed by atoms with Crippen molar-refractivity contribution < 1.29 is 17.9 Å². The van der Waals surface area contributed by atoms with Gasteiger partial charge in [-0.05, 0) is 78.7 Å². The van der Waals surface area contributed by atoms with Gasteiger partial charge in [-0.25, -0.2) is 4.39 Å². The van der Waals surface area contributed by atoms with Gasteiger partial charge in [0.1, 0.15) is 11.6 Å². The van der Waals surface area contributed by atoms with E-state index < -0.39 is 6.61 Å². The van der Waals surface area contributed by atoms with Crippen molar-refractivity contribution >= 4 is 0 Å². The summed E-state index contributed by atoms with van der Waals surface area (Å²) >= 11 is 0. The Morgan fingerprint density at radius 1 is 0.933 bits per heavy atom. The average Bonchev–Trinajstić information content (AvgIpc) is 2.75. The first-order chi connectivity index (χ1) is 14.5. The van der Waals surface area contributed by atoms with Crippen molar-refractivity contribution in [2.45, 2.75) is 71.3 Å². The third-order valence-corrected chi connectivity index (χ3v) is 7.23. The predicted molar refractivity (Wildman–Crippen MR) is 114 cm³/mol. The fourth-order valence-corrected chi connectivity index (χ4v) is 5.63. The van der Waals surface area contributed by atoms with E-state index in [-0.39, 0.29) is 11.6 Å². The molecule has 1 atom stereocenters. The number of ether oxygens (including phenoxy) is 1. The number of benzene rings is 2. The fourth-order valence-electron chi connectivity index (χ4n) is 5.63. The molecule has 0 radical (unpaired) electrons. The summed E-state index contributed by atoms with van der Waals surface area (Å²) in [5, 5.41) is 0. The van der Waals surface area contributed by atoms with E-state index in [1.165, 1.54) is 50.7 Å². The molecule has 2 aliphatic rings. The van der Waals surface area contributed by atoms with Crippen LogP contribution in [0, 0.1) is 23.6 Å². The number of hydrogen-bond acceptors (Lipinski definition) is 1. The molecule has 0 saturated heterocycles. The second-order valence-electron chi connectivity index (χ2n) is 9.04. The molecule has 1 unspecified atom stereocenters. The van der Waals surface area contributed by atoms with Crippen LogP contribution in [-0.4, -0.2) is 6.61 Å². The molecule has 30 heavy (non-hydrogen) atoms. The largest absolute Gasteiger partial charge is 0.435 e. The molecule has 2 aromatic rings. The van der Waals surface area contributed by atoms with Crippen molar-refractivity contribution in [3.8, 4) is 16.9 Å². The highest BCUT2D eigenvalue weighted by atomic mass is 19.3. The van der Waals surface area contributed by atoms with Crippen LogP contribution in [0.1, 0.15) is 63.0 Å². The Morgan fingerprint density at radius 2 is 1.67 bits per heavy atom. The molecule has 1 fully saturated rings. The molecular weight excluding hydrogens is 385 g/mol. The van der Waals surface area contributed by atoms with E-state index in [4.69, 9.17) is 0 Å². The molecule has 0 amide bonds. The predicted octanol–water partition coefficient (Wildman–Crippen LogP) is 7.81. The van der Waals surface area contributed by atoms with Gasteiger partial charge in [-0.1, -0.05) is 56.9 Å². The van der Waals surface area contributed by atoms with Gasteiger partial charge in [0.15, 0.2) is 0 Å². The fraction of sp³-hybridized carbons (Fsp3) is 0.538. The molecule has 4 rings (SSSR count). The van der Waals surface area contributed by atoms with Gasteiger partial charge in [-0.15, -0.1) is 0 Å². The summed E-state index contributed by atoms with van der Waals surface area (Å²) < 4.78 is 44.4. The van der Waals surface area contributed by atoms with Gasteiger partial charge in [0, 0.05) is 5.56 Å². The highest BCUT2D eigenvalue weighted by molar-refractivity contribution is 5.67. The van der Waals surface area contributed by atoms with Crippen LogP contribution in [0.5, 0.6) is 5.75 Å². The topological polar surface area (TPSA) is 9.23 Å². The Hall–Kier alpha value is -1.97. The molecule has 0 aromatic heterocycles. The maximum atomic E-state index is 15.3. The zero-order chi connectivity index (χ0) is 21.1. The van der Waals surface area contributed by atoms with Crippen LogP contribution < -0.4 is 4.74 Å². The van der Waals surface area contributed by atoms with Crippen molar-refractivity contribution in [2.75, 3.05) is 0 Å². The summed E-state index contributed by atoms with van der Waals surface area (Å²) in [4.78, 5) is 0. The van der Waals surface area contributed by atoms with Gasteiger partial charge in [0.05, 0.1) is 0 Å². The minimum Gasteiger partial charge on any atom is -0.435 e. The Kier molecular flexibility index (Phi) is 6.70. The number of halogens is 3. The third-order valence-electron chi connectivity index (χ3n) is 7.23. The quantitative estimate of drug-likeness (QED) is 0.467. The van der Waals surface area contributed by atoms with Crippen molar-refractivity contribution in [2.24, 2.45) is 17.8 Å². The van der Waals surface area contributed by atoms with Gasteiger partial charge in [0.2, 0.25) is 0 Å². The lowest BCUT2D eigenvalue weighted by Gasteiger charge is -2.36. The normalized spacial score (nSPS) is 24.0. The van der Waals surface area contributed by atoms with Gasteiger partial charge in [0.25, 0.3) is 0 Å². The van der Waals surface area contributed by atoms with Gasteiger partial charge in [-0.2, -0.15) is 8.78 Å². The zero-order valence-corrected chi connectivity index (χ0v) is 17.7. The molecule has 1 nitrogen and oxygen atoms in total. The lowest BCUT2D eigenvalue weighted by atomic mass is 9.69. The van der Waals surface area contributed by atoms with Crippen LogP contribution in [0.4, 0.5) is 13.2 Å². The minimum absolute atomic E-state index is 0.0867. The standard InChI is InChI=1S/C26H31F3O/c1-2-3-17-4-6-18(7-5-17)20-10-14-24-21(16-20)11-15-23(25(24)27)19-8-12-22(13-9-19)30-26(28)29/h8-9,11-13,15,17-18,20,26H,2-7,10,14,16H2,1H3. The Bertz CT molecular complexity index is 838. The van der Waals surface area contributed by atoms with Crippen molar-refractivity contribution in [1.29, 1.82) is 0 Å². The number of hydrogen-bond donors (Lipinski definition) is 0. The Morgan fingerprint density at radius 3 is 2.33 bits per heavy atom. The first kappa shape index (κ1) is 21.3. The van der Waals surface area contributed by atoms with E-state index in [9.17, 15) is 8.78 Å². The van der Waals surface area contributed by atoms with Gasteiger partial charge < -0.3 is 4.74 Å². The van der Waals surface area contributed by atoms with E-state index in [2.05, 4.69) is 17.7 Å². The minimum atomic E-state index is -2.86. The lowest BCUT2D eigenvalue weighted by molar-refractivity contribution is -0.0498. The molecule has 0 bridgehead atoms. The highest BCUT2D eigenvalue weighted by Gasteiger charge is 2.31. The van der Waals surface area contributed by atoms with E-state index >= 15 is 4.39 Å². The second-order valence-corrected chi connectivity index (χ2v) is 9.04. The molecular formula is C26H31F3O. The maximum Gasteiger partial charge on any atom is 0.387 e. The van der Waals surface area contributed by atoms with E-state index in [1.54, 1.807) is 12.1 Å². The zero-order valence-electron chi connectivity index (χ0n) is 17.7. The van der Waals surface area contributed by atoms with Gasteiger partial charge >= 0.3 is 6.61 Å². The molecule has 2 aromatic carbocycles. The molecule has 0 heterocycles. The second kappa shape index (κ2) is 9.45. The number of rotatable bonds is 6. The first-order valence-corrected chi connectivity index (χ1v) is 11.4. The van der Waals surface area contributed by atoms with Crippen LogP contribution in [0.3, 0.4) is 0 Å². The maximum absolute atomic E-state index is 15.3. The molecule has 162 valence electrons. The van der Waals surface area contributed by atoms with E-state index in [1.807, 2.05) is 6.07 Å². The lowest BCUT2D eigenvalue weighted by Crippen LogP contribution is -2.27. The van der Waals surface area contributed by atoms with E-state index in [0.717, 1.165) is 42.2 Å². The first-order valence-electron chi connectivity index (χ1n) is 11.4. The van der Waals surface area contributed by atoms with Crippen molar-refractivity contribution in [3.63, 3.8) is 0 Å². The smallest absolute Gasteiger partial charge is 0.387 e. The van der Waals surface area contributed by atoms with Crippen molar-refractivity contribution in [1.82, 2.24) is 0 Å². The third kappa shape index (κ3) is 4.68. The molecule has 1 saturated carbocycles. The summed E-state index contributed by atoms with van der Waals surface area (Å²) in [6, 6.07) is 10.1. The summed E-state index contributed by atoms with van der Waals surface area (Å²) in [7, 11) is 0. The molecule has 4 heteroatoms. The van der Waals surface area contributed by atoms with Crippen LogP contribution >= 0.6 is 0 Å². The van der Waals surface area contributed by atoms with Crippen LogP contribution in [-0.2, 0) is 12.8 Å². The average molecular weight is 417 g/mol. The highest BCUT2D eigenvalue weighted by Crippen LogP contribution is 2.42. The molecule has 0 N–H and O–H groups in total. The Labute approximate surface area is 177 Å². The van der Waals surface area contributed by atoms with Crippen LogP contribution in [0.25, 0.3) is 11.1 Å². The SMILES string of the molecule is CCCC1CCC(C2CCc3c(ccc(-c4ccc(OC(F)F)cc4)c3F)C2)CC1.